The van der Waals surface area contributed by atoms with Gasteiger partial charge in [0.05, 0.1) is 17.3 Å². The summed E-state index contributed by atoms with van der Waals surface area (Å²) in [7, 11) is 0. The molecule has 110 valence electrons. The van der Waals surface area contributed by atoms with Gasteiger partial charge in [-0.25, -0.2) is 0 Å². The Morgan fingerprint density at radius 1 is 1.60 bits per heavy atom. The number of aromatic nitrogens is 2. The zero-order valence-corrected chi connectivity index (χ0v) is 11.7. The van der Waals surface area contributed by atoms with Gasteiger partial charge < -0.3 is 15.7 Å². The quantitative estimate of drug-likeness (QED) is 0.731. The molecule has 3 N–H and O–H groups in total. The summed E-state index contributed by atoms with van der Waals surface area (Å²) >= 11 is 0. The number of hydrogen-bond donors (Lipinski definition) is 3. The van der Waals surface area contributed by atoms with Gasteiger partial charge in [-0.2, -0.15) is 5.10 Å². The molecule has 0 aromatic carbocycles. The third-order valence-corrected chi connectivity index (χ3v) is 3.93. The Morgan fingerprint density at radius 2 is 2.35 bits per heavy atom. The monoisotopic (exact) mass is 280 g/mol. The maximum Gasteiger partial charge on any atom is 0.325 e. The first kappa shape index (κ1) is 14.5. The molecule has 20 heavy (non-hydrogen) atoms. The molecule has 0 saturated carbocycles. The first-order chi connectivity index (χ1) is 9.44. The number of nitrogens with zero attached hydrogens (tertiary/aromatic N) is 2. The Labute approximate surface area is 117 Å². The lowest BCUT2D eigenvalue weighted by molar-refractivity contribution is -0.137. The van der Waals surface area contributed by atoms with E-state index < -0.39 is 11.4 Å². The van der Waals surface area contributed by atoms with E-state index in [1.54, 1.807) is 0 Å². The normalized spacial score (nSPS) is 22.1. The number of amides is 1. The summed E-state index contributed by atoms with van der Waals surface area (Å²) in [4.78, 5) is 23.1. The van der Waals surface area contributed by atoms with Crippen molar-refractivity contribution in [3.63, 3.8) is 0 Å². The van der Waals surface area contributed by atoms with E-state index in [9.17, 15) is 9.59 Å². The summed E-state index contributed by atoms with van der Waals surface area (Å²) in [6, 6.07) is 0. The molecule has 1 atom stereocenters. The maximum atomic E-state index is 12.5. The van der Waals surface area contributed by atoms with Crippen LogP contribution in [0.2, 0.25) is 0 Å². The van der Waals surface area contributed by atoms with Crippen molar-refractivity contribution in [2.75, 3.05) is 18.4 Å². The predicted octanol–water partition coefficient (Wildman–Crippen LogP) is 0.542. The van der Waals surface area contributed by atoms with Crippen LogP contribution in [-0.2, 0) is 16.1 Å². The van der Waals surface area contributed by atoms with Crippen LogP contribution in [0.1, 0.15) is 20.3 Å². The molecule has 0 spiro atoms. The Kier molecular flexibility index (Phi) is 4.08. The van der Waals surface area contributed by atoms with Crippen molar-refractivity contribution >= 4 is 17.6 Å². The van der Waals surface area contributed by atoms with Gasteiger partial charge in [-0.05, 0) is 18.9 Å². The molecular formula is C13H20N4O3. The highest BCUT2D eigenvalue weighted by atomic mass is 16.4. The summed E-state index contributed by atoms with van der Waals surface area (Å²) in [6.45, 7) is 5.37. The molecule has 1 amide bonds. The molecule has 1 aromatic rings. The fourth-order valence-electron chi connectivity index (χ4n) is 2.57. The minimum Gasteiger partial charge on any atom is -0.480 e. The van der Waals surface area contributed by atoms with E-state index in [1.807, 2.05) is 13.8 Å². The Balaban J connectivity index is 2.07. The molecule has 7 heteroatoms. The number of rotatable bonds is 5. The highest BCUT2D eigenvalue weighted by molar-refractivity contribution is 5.95. The number of nitrogens with one attached hydrogen (secondary N) is 2. The van der Waals surface area contributed by atoms with Gasteiger partial charge in [0.25, 0.3) is 0 Å². The summed E-state index contributed by atoms with van der Waals surface area (Å²) in [5.41, 5.74) is 0.123. The smallest absolute Gasteiger partial charge is 0.325 e. The maximum absolute atomic E-state index is 12.5. The van der Waals surface area contributed by atoms with E-state index in [1.165, 1.54) is 17.1 Å². The lowest BCUT2D eigenvalue weighted by atomic mass is 9.75. The molecule has 1 unspecified atom stereocenters. The van der Waals surface area contributed by atoms with Crippen LogP contribution in [0.5, 0.6) is 0 Å². The van der Waals surface area contributed by atoms with Crippen molar-refractivity contribution in [3.05, 3.63) is 12.4 Å². The van der Waals surface area contributed by atoms with Gasteiger partial charge in [-0.15, -0.1) is 0 Å². The van der Waals surface area contributed by atoms with Gasteiger partial charge in [-0.1, -0.05) is 13.8 Å². The lowest BCUT2D eigenvalue weighted by Gasteiger charge is -2.30. The first-order valence-electron chi connectivity index (χ1n) is 6.70. The molecule has 0 aliphatic carbocycles. The van der Waals surface area contributed by atoms with Crippen molar-refractivity contribution in [3.8, 4) is 0 Å². The van der Waals surface area contributed by atoms with E-state index in [-0.39, 0.29) is 18.4 Å². The number of anilines is 1. The molecule has 1 aliphatic rings. The van der Waals surface area contributed by atoms with Crippen molar-refractivity contribution in [1.82, 2.24) is 15.1 Å². The van der Waals surface area contributed by atoms with Crippen molar-refractivity contribution in [2.24, 2.45) is 11.3 Å². The van der Waals surface area contributed by atoms with Crippen LogP contribution in [0.4, 0.5) is 5.69 Å². The second-order valence-electron chi connectivity index (χ2n) is 5.51. The minimum atomic E-state index is -0.968. The van der Waals surface area contributed by atoms with Crippen LogP contribution in [0, 0.1) is 11.3 Å². The van der Waals surface area contributed by atoms with Crippen molar-refractivity contribution in [1.29, 1.82) is 0 Å². The molecule has 2 heterocycles. The molecule has 7 nitrogen and oxygen atoms in total. The van der Waals surface area contributed by atoms with Crippen LogP contribution in [-0.4, -0.2) is 39.9 Å². The van der Waals surface area contributed by atoms with Crippen LogP contribution in [0.25, 0.3) is 0 Å². The second kappa shape index (κ2) is 5.62. The van der Waals surface area contributed by atoms with E-state index in [4.69, 9.17) is 5.11 Å². The van der Waals surface area contributed by atoms with Crippen LogP contribution < -0.4 is 10.6 Å². The van der Waals surface area contributed by atoms with Crippen molar-refractivity contribution in [2.45, 2.75) is 26.8 Å². The molecular weight excluding hydrogens is 260 g/mol. The van der Waals surface area contributed by atoms with Gasteiger partial charge in [0.15, 0.2) is 0 Å². The SMILES string of the molecule is CC(C)C1(C(=O)Nc2cnn(CC(=O)O)c2)CCNC1. The summed E-state index contributed by atoms with van der Waals surface area (Å²) in [5, 5.41) is 18.7. The number of aliphatic carboxylic acids is 1. The van der Waals surface area contributed by atoms with E-state index in [0.717, 1.165) is 13.0 Å². The van der Waals surface area contributed by atoms with E-state index in [0.29, 0.717) is 12.2 Å². The first-order valence-corrected chi connectivity index (χ1v) is 6.70. The molecule has 1 aromatic heterocycles. The van der Waals surface area contributed by atoms with Gasteiger partial charge in [0, 0.05) is 12.7 Å². The fourth-order valence-corrected chi connectivity index (χ4v) is 2.57. The number of carboxylic acids is 1. The minimum absolute atomic E-state index is 0.0348. The molecule has 0 bridgehead atoms. The van der Waals surface area contributed by atoms with Gasteiger partial charge >= 0.3 is 5.97 Å². The highest BCUT2D eigenvalue weighted by Gasteiger charge is 2.43. The van der Waals surface area contributed by atoms with Gasteiger partial charge in [-0.3, -0.25) is 14.3 Å². The number of hydrogen-bond acceptors (Lipinski definition) is 4. The molecule has 2 rings (SSSR count). The Morgan fingerprint density at radius 3 is 2.90 bits per heavy atom. The average Bonchev–Trinajstić information content (AvgIpc) is 2.97. The molecule has 1 fully saturated rings. The van der Waals surface area contributed by atoms with Gasteiger partial charge in [0.2, 0.25) is 5.91 Å². The average molecular weight is 280 g/mol. The topological polar surface area (TPSA) is 96.2 Å². The molecule has 1 aliphatic heterocycles. The molecule has 1 saturated heterocycles. The Bertz CT molecular complexity index is 503. The lowest BCUT2D eigenvalue weighted by Crippen LogP contribution is -2.42. The van der Waals surface area contributed by atoms with Crippen LogP contribution >= 0.6 is 0 Å². The zero-order valence-electron chi connectivity index (χ0n) is 11.7. The van der Waals surface area contributed by atoms with Crippen LogP contribution in [0.15, 0.2) is 12.4 Å². The Hall–Kier alpha value is -1.89. The summed E-state index contributed by atoms with van der Waals surface area (Å²) < 4.78 is 1.28. The second-order valence-corrected chi connectivity index (χ2v) is 5.51. The van der Waals surface area contributed by atoms with E-state index >= 15 is 0 Å². The largest absolute Gasteiger partial charge is 0.480 e. The number of carboxylic acid groups (broad SMARTS) is 1. The van der Waals surface area contributed by atoms with Gasteiger partial charge in [0.1, 0.15) is 6.54 Å². The fraction of sp³-hybridized carbons (Fsp3) is 0.615. The van der Waals surface area contributed by atoms with Crippen molar-refractivity contribution < 1.29 is 14.7 Å². The van der Waals surface area contributed by atoms with E-state index in [2.05, 4.69) is 15.7 Å². The predicted molar refractivity (Wildman–Crippen MR) is 73.3 cm³/mol. The standard InChI is InChI=1S/C13H20N4O3/c1-9(2)13(3-4-14-8-13)12(20)16-10-5-15-17(6-10)7-11(18)19/h5-6,9,14H,3-4,7-8H2,1-2H3,(H,16,20)(H,18,19). The number of carbonyl (C=O) groups excluding carboxylic acids is 1. The van der Waals surface area contributed by atoms with Crippen LogP contribution in [0.3, 0.4) is 0 Å². The third kappa shape index (κ3) is 2.82. The third-order valence-electron chi connectivity index (χ3n) is 3.93. The highest BCUT2D eigenvalue weighted by Crippen LogP contribution is 2.35. The summed E-state index contributed by atoms with van der Waals surface area (Å²) in [5.74, 6) is -0.774. The molecule has 0 radical (unpaired) electrons. The summed E-state index contributed by atoms with van der Waals surface area (Å²) in [6.07, 6.45) is 3.80. The number of carbonyl (C=O) groups is 2. The zero-order chi connectivity index (χ0) is 14.8.